The van der Waals surface area contributed by atoms with Gasteiger partial charge in [0.1, 0.15) is 54.4 Å². The van der Waals surface area contributed by atoms with Crippen molar-refractivity contribution in [1.29, 1.82) is 0 Å². The quantitative estimate of drug-likeness (QED) is 0.0117. The molecule has 1 aliphatic heterocycles. The Balaban J connectivity index is 4.25. The highest BCUT2D eigenvalue weighted by atomic mass is 32.1. The van der Waals surface area contributed by atoms with Crippen molar-refractivity contribution in [3.05, 3.63) is 0 Å². The van der Waals surface area contributed by atoms with Crippen molar-refractivity contribution in [2.45, 2.75) is 189 Å². The van der Waals surface area contributed by atoms with Gasteiger partial charge in [-0.25, -0.2) is 0 Å². The number of primary amides is 1. The van der Waals surface area contributed by atoms with Crippen LogP contribution in [0, 0.1) is 0 Å². The molecule has 45 heteroatoms. The molecule has 105 heavy (non-hydrogen) atoms. The van der Waals surface area contributed by atoms with Crippen molar-refractivity contribution in [2.24, 2.45) is 116 Å². The van der Waals surface area contributed by atoms with E-state index >= 15 is 4.79 Å². The van der Waals surface area contributed by atoms with E-state index in [9.17, 15) is 52.7 Å². The van der Waals surface area contributed by atoms with Crippen LogP contribution in [0.1, 0.15) is 135 Å². The second kappa shape index (κ2) is 53.3. The van der Waals surface area contributed by atoms with Gasteiger partial charge in [0.2, 0.25) is 70.9 Å². The first-order valence-electron chi connectivity index (χ1n) is 34.7. The Kier molecular flexibility index (Phi) is 47.0. The van der Waals surface area contributed by atoms with Gasteiger partial charge < -0.3 is 144 Å². The zero-order valence-electron chi connectivity index (χ0n) is 59.7. The summed E-state index contributed by atoms with van der Waals surface area (Å²) in [4.78, 5) is 195. The molecule has 0 spiro atoms. The molecule has 1 rings (SSSR count). The van der Waals surface area contributed by atoms with Crippen LogP contribution in [0.15, 0.2) is 30.0 Å². The number of aliphatic imine (C=N–C) groups is 6. The fraction of sp³-hybridized carbons (Fsp3) is 0.700. The first-order valence-corrected chi connectivity index (χ1v) is 35.3. The molecule has 12 amide bonds. The summed E-state index contributed by atoms with van der Waals surface area (Å²) in [5, 5.41) is 26.5. The first kappa shape index (κ1) is 92.5. The van der Waals surface area contributed by atoms with Gasteiger partial charge in [-0.3, -0.25) is 87.5 Å². The number of amides is 12. The highest BCUT2D eigenvalue weighted by Gasteiger charge is 2.36. The van der Waals surface area contributed by atoms with E-state index in [4.69, 9.17) is 86.0 Å². The van der Waals surface area contributed by atoms with Crippen LogP contribution in [0.3, 0.4) is 0 Å². The second-order valence-electron chi connectivity index (χ2n) is 24.5. The third-order valence-electron chi connectivity index (χ3n) is 15.6. The molecule has 594 valence electrons. The van der Waals surface area contributed by atoms with Gasteiger partial charge in [-0.2, -0.15) is 12.6 Å². The fourth-order valence-electron chi connectivity index (χ4n) is 10.2. The average molecular weight is 1510 g/mol. The molecule has 9 atom stereocenters. The summed E-state index contributed by atoms with van der Waals surface area (Å²) in [5.41, 5.74) is 84.1. The van der Waals surface area contributed by atoms with E-state index in [1.54, 1.807) is 0 Å². The van der Waals surface area contributed by atoms with Crippen LogP contribution in [-0.4, -0.2) is 244 Å². The minimum Gasteiger partial charge on any atom is -0.370 e. The molecule has 0 aliphatic carbocycles. The molecule has 1 heterocycles. The van der Waals surface area contributed by atoms with Crippen molar-refractivity contribution >= 4 is 119 Å². The van der Waals surface area contributed by atoms with Gasteiger partial charge in [0.05, 0.1) is 6.54 Å². The van der Waals surface area contributed by atoms with E-state index in [0.29, 0.717) is 19.3 Å². The van der Waals surface area contributed by atoms with Gasteiger partial charge >= 0.3 is 0 Å². The fourth-order valence-corrected chi connectivity index (χ4v) is 10.5. The number of unbranched alkanes of at least 4 members (excludes halogenated alkanes) is 2. The molecule has 44 nitrogen and oxygen atoms in total. The van der Waals surface area contributed by atoms with Gasteiger partial charge in [-0.15, -0.1) is 0 Å². The number of nitrogens with two attached hydrogens (primary N) is 15. The summed E-state index contributed by atoms with van der Waals surface area (Å²) in [6, 6.07) is -12.8. The van der Waals surface area contributed by atoms with Gasteiger partial charge in [-0.1, -0.05) is 0 Å². The van der Waals surface area contributed by atoms with Crippen LogP contribution in [0.4, 0.5) is 0 Å². The number of thiol groups is 1. The predicted molar refractivity (Wildman–Crippen MR) is 399 cm³/mol. The number of carbonyl (C=O) groups excluding carboxylic acids is 12. The Morgan fingerprint density at radius 3 is 1.08 bits per heavy atom. The Morgan fingerprint density at radius 2 is 0.724 bits per heavy atom. The van der Waals surface area contributed by atoms with Crippen LogP contribution in [0.25, 0.3) is 0 Å². The minimum absolute atomic E-state index is 0.0140. The van der Waals surface area contributed by atoms with Crippen LogP contribution in [-0.2, 0) is 57.5 Å². The van der Waals surface area contributed by atoms with E-state index in [-0.39, 0.29) is 210 Å². The van der Waals surface area contributed by atoms with E-state index < -0.39 is 145 Å². The van der Waals surface area contributed by atoms with Crippen LogP contribution in [0.5, 0.6) is 0 Å². The summed E-state index contributed by atoms with van der Waals surface area (Å²) in [7, 11) is 0. The van der Waals surface area contributed by atoms with Gasteiger partial charge in [-0.05, 0) is 135 Å². The van der Waals surface area contributed by atoms with Gasteiger partial charge in [0.15, 0.2) is 35.8 Å². The molecule has 0 saturated carbocycles. The Bertz CT molecular complexity index is 2970. The molecule has 40 N–H and O–H groups in total. The monoisotopic (exact) mass is 1510 g/mol. The Morgan fingerprint density at radius 1 is 0.410 bits per heavy atom. The lowest BCUT2D eigenvalue weighted by Gasteiger charge is -2.30. The molecule has 1 aliphatic rings. The molecular formula is C60H116N32O12S. The molecule has 1 saturated heterocycles. The first-order chi connectivity index (χ1) is 49.8. The standard InChI is InChI=1S/C60H116N32O12S/c61-22-3-1-12-36-49(99)86-37(13-2-4-23-62)50(100)88-39(17-8-27-80-58(70)71)52(102)90-41(19-10-29-82-60(74)75)54(104)92(31-11-30-76-43(93)20-21-44(94)83-34(47(97)85-36)14-5-24-77-55(64)65)32-45(95)84-35(15-6-25-78-56(66)67)48(98)87-38(16-7-26-79-57(68)69)51(101)89-40(18-9-28-81-59(72)73)53(103)91-42(33-105)46(63)96/h34-42,105H,1-33,61-62H2,(H2,63,96)(H,76,93)(H,83,94)(H,84,95)(H,85,97)(H,86,99)(H,87,98)(H,88,100)(H,89,101)(H,90,102)(H,91,103)(H4,64,65,77)(H4,66,67,78)(H4,68,69,79)(H4,70,71,80)(H4,72,73,81)(H4,74,75,82)/t34-,35-,36-,37-,38-,39-,40-,41-,42-/m0/s1. The van der Waals surface area contributed by atoms with E-state index in [0.717, 1.165) is 4.90 Å². The topological polar surface area (TPSA) is 793 Å². The summed E-state index contributed by atoms with van der Waals surface area (Å²) < 4.78 is 0. The maximum absolute atomic E-state index is 15.3. The van der Waals surface area contributed by atoms with E-state index in [1.807, 2.05) is 0 Å². The third-order valence-corrected chi connectivity index (χ3v) is 16.0. The van der Waals surface area contributed by atoms with Crippen LogP contribution >= 0.6 is 12.6 Å². The lowest BCUT2D eigenvalue weighted by atomic mass is 10.0. The van der Waals surface area contributed by atoms with Crippen molar-refractivity contribution in [3.8, 4) is 0 Å². The zero-order valence-corrected chi connectivity index (χ0v) is 60.6. The summed E-state index contributed by atoms with van der Waals surface area (Å²) in [6.07, 6.45) is -0.0398. The number of rotatable bonds is 43. The highest BCUT2D eigenvalue weighted by Crippen LogP contribution is 2.14. The Labute approximate surface area is 615 Å². The lowest BCUT2D eigenvalue weighted by Crippen LogP contribution is -2.60. The van der Waals surface area contributed by atoms with Crippen molar-refractivity contribution in [3.63, 3.8) is 0 Å². The summed E-state index contributed by atoms with van der Waals surface area (Å²) >= 11 is 4.09. The Hall–Kier alpha value is -10.5. The van der Waals surface area contributed by atoms with Crippen LogP contribution < -0.4 is 139 Å². The number of nitrogens with one attached hydrogen (secondary N) is 10. The van der Waals surface area contributed by atoms with Crippen LogP contribution in [0.2, 0.25) is 0 Å². The third kappa shape index (κ3) is 42.7. The maximum atomic E-state index is 15.3. The zero-order chi connectivity index (χ0) is 78.8. The average Bonchev–Trinajstić information content (AvgIpc) is 0.857. The number of hydrogen-bond acceptors (Lipinski definition) is 21. The molecule has 0 aromatic rings. The largest absolute Gasteiger partial charge is 0.370 e. The van der Waals surface area contributed by atoms with E-state index in [1.165, 1.54) is 0 Å². The minimum atomic E-state index is -1.56. The van der Waals surface area contributed by atoms with Crippen molar-refractivity contribution < 1.29 is 57.5 Å². The normalized spacial score (nSPS) is 18.4. The molecule has 0 aromatic carbocycles. The molecule has 0 radical (unpaired) electrons. The number of guanidine groups is 6. The van der Waals surface area contributed by atoms with E-state index in [2.05, 4.69) is 95.8 Å². The summed E-state index contributed by atoms with van der Waals surface area (Å²) in [6.45, 7) is -1.14. The van der Waals surface area contributed by atoms with Gasteiger partial charge in [0, 0.05) is 71.0 Å². The summed E-state index contributed by atoms with van der Waals surface area (Å²) in [5.74, 6) is -12.2. The molecule has 0 bridgehead atoms. The SMILES string of the molecule is NCCCC[C@@H]1NC(=O)[C@H](CCCN=C(N)N)NC(=O)CCC(=O)NCCCN(CC(=O)N[C@@H](CCCN=C(N)N)C(=O)N[C@@H](CCCN=C(N)N)C(=O)N[C@@H](CCCN=C(N)N)C(=O)N[C@@H](CS)C(N)=O)C(=O)[C@H](CCCN=C(N)N)NC(=O)[C@H](CCCN=C(N)N)NC(=O)[C@H](CCCCN)NC1=O. The van der Waals surface area contributed by atoms with Gasteiger partial charge in [0.25, 0.3) is 0 Å². The second-order valence-corrected chi connectivity index (χ2v) is 24.8. The molecule has 0 aromatic heterocycles. The van der Waals surface area contributed by atoms with Crippen molar-refractivity contribution in [2.75, 3.05) is 77.7 Å². The molecule has 1 fully saturated rings. The highest BCUT2D eigenvalue weighted by molar-refractivity contribution is 7.80. The number of hydrogen-bond donors (Lipinski definition) is 26. The lowest BCUT2D eigenvalue weighted by molar-refractivity contribution is -0.141. The molecule has 0 unspecified atom stereocenters. The smallest absolute Gasteiger partial charge is 0.245 e. The molecular weight excluding hydrogens is 1390 g/mol. The number of carbonyl (C=O) groups is 12. The van der Waals surface area contributed by atoms with Crippen molar-refractivity contribution in [1.82, 2.24) is 58.1 Å². The predicted octanol–water partition coefficient (Wildman–Crippen LogP) is -11.5. The number of nitrogens with zero attached hydrogens (tertiary/aromatic N) is 7. The maximum Gasteiger partial charge on any atom is 0.245 e.